The Bertz CT molecular complexity index is 618. The Kier molecular flexibility index (Phi) is 4.03. The van der Waals surface area contributed by atoms with Crippen molar-refractivity contribution in [2.45, 2.75) is 13.8 Å². The van der Waals surface area contributed by atoms with E-state index in [1.54, 1.807) is 11.3 Å². The van der Waals surface area contributed by atoms with E-state index in [0.717, 1.165) is 48.8 Å². The minimum Gasteiger partial charge on any atom is -0.354 e. The zero-order valence-corrected chi connectivity index (χ0v) is 13.4. The molecule has 1 aliphatic heterocycles. The van der Waals surface area contributed by atoms with Crippen molar-refractivity contribution in [3.05, 3.63) is 23.0 Å². The van der Waals surface area contributed by atoms with Crippen molar-refractivity contribution in [1.82, 2.24) is 19.9 Å². The van der Waals surface area contributed by atoms with Gasteiger partial charge in [0.1, 0.15) is 17.5 Å². The van der Waals surface area contributed by atoms with Gasteiger partial charge in [0.15, 0.2) is 5.13 Å². The normalized spacial score (nSPS) is 16.2. The third kappa shape index (κ3) is 3.48. The molecule has 21 heavy (non-hydrogen) atoms. The van der Waals surface area contributed by atoms with Crippen molar-refractivity contribution in [2.24, 2.45) is 0 Å². The first-order chi connectivity index (χ1) is 10.1. The third-order valence-corrected chi connectivity index (χ3v) is 4.34. The summed E-state index contributed by atoms with van der Waals surface area (Å²) in [6, 6.07) is 2.01. The number of rotatable bonds is 3. The highest BCUT2D eigenvalue weighted by Gasteiger charge is 2.16. The predicted octanol–water partition coefficient (Wildman–Crippen LogP) is 2.05. The van der Waals surface area contributed by atoms with Gasteiger partial charge < -0.3 is 15.1 Å². The van der Waals surface area contributed by atoms with Gasteiger partial charge in [0.25, 0.3) is 0 Å². The second-order valence-electron chi connectivity index (χ2n) is 5.35. The number of hydrogen-bond acceptors (Lipinski definition) is 7. The summed E-state index contributed by atoms with van der Waals surface area (Å²) < 4.78 is 0. The van der Waals surface area contributed by atoms with Gasteiger partial charge in [-0.2, -0.15) is 0 Å². The SMILES string of the molecule is Cc1nc(Nc2ncc(C)s2)cc(N2CCN(C)CC2)n1. The number of anilines is 3. The number of thiazole rings is 1. The van der Waals surface area contributed by atoms with Gasteiger partial charge in [-0.25, -0.2) is 15.0 Å². The summed E-state index contributed by atoms with van der Waals surface area (Å²) in [4.78, 5) is 19.2. The molecular weight excluding hydrogens is 284 g/mol. The van der Waals surface area contributed by atoms with Gasteiger partial charge in [0.05, 0.1) is 0 Å². The number of aromatic nitrogens is 3. The lowest BCUT2D eigenvalue weighted by molar-refractivity contribution is 0.312. The summed E-state index contributed by atoms with van der Waals surface area (Å²) in [6.07, 6.45) is 1.86. The first kappa shape index (κ1) is 14.2. The molecule has 0 unspecified atom stereocenters. The summed E-state index contributed by atoms with van der Waals surface area (Å²) in [6.45, 7) is 8.11. The van der Waals surface area contributed by atoms with Gasteiger partial charge >= 0.3 is 0 Å². The molecular formula is C14H20N6S. The molecule has 0 amide bonds. The van der Waals surface area contributed by atoms with Crippen LogP contribution in [0.5, 0.6) is 0 Å². The average molecular weight is 304 g/mol. The second kappa shape index (κ2) is 5.95. The van der Waals surface area contributed by atoms with E-state index in [0.29, 0.717) is 0 Å². The summed E-state index contributed by atoms with van der Waals surface area (Å²) in [5.41, 5.74) is 0. The van der Waals surface area contributed by atoms with Crippen LogP contribution in [0.3, 0.4) is 0 Å². The molecule has 3 heterocycles. The topological polar surface area (TPSA) is 57.2 Å². The lowest BCUT2D eigenvalue weighted by Crippen LogP contribution is -2.44. The van der Waals surface area contributed by atoms with Crippen LogP contribution in [0.25, 0.3) is 0 Å². The molecule has 2 aromatic heterocycles. The maximum atomic E-state index is 4.57. The monoisotopic (exact) mass is 304 g/mol. The van der Waals surface area contributed by atoms with Crippen molar-refractivity contribution in [2.75, 3.05) is 43.4 Å². The van der Waals surface area contributed by atoms with Crippen LogP contribution < -0.4 is 10.2 Å². The number of hydrogen-bond donors (Lipinski definition) is 1. The number of aryl methyl sites for hydroxylation is 2. The minimum absolute atomic E-state index is 0.780. The molecule has 0 spiro atoms. The Morgan fingerprint density at radius 1 is 1.14 bits per heavy atom. The molecule has 0 aromatic carbocycles. The Morgan fingerprint density at radius 3 is 2.57 bits per heavy atom. The van der Waals surface area contributed by atoms with Gasteiger partial charge in [-0.3, -0.25) is 0 Å². The molecule has 0 radical (unpaired) electrons. The van der Waals surface area contributed by atoms with Crippen LogP contribution in [0.2, 0.25) is 0 Å². The number of nitrogens with zero attached hydrogens (tertiary/aromatic N) is 5. The maximum Gasteiger partial charge on any atom is 0.188 e. The Morgan fingerprint density at radius 2 is 1.90 bits per heavy atom. The average Bonchev–Trinajstić information content (AvgIpc) is 2.84. The highest BCUT2D eigenvalue weighted by molar-refractivity contribution is 7.15. The smallest absolute Gasteiger partial charge is 0.188 e. The predicted molar refractivity (Wildman–Crippen MR) is 86.6 cm³/mol. The van der Waals surface area contributed by atoms with Gasteiger partial charge in [-0.1, -0.05) is 0 Å². The fourth-order valence-corrected chi connectivity index (χ4v) is 3.01. The van der Waals surface area contributed by atoms with E-state index < -0.39 is 0 Å². The van der Waals surface area contributed by atoms with Crippen molar-refractivity contribution < 1.29 is 0 Å². The minimum atomic E-state index is 0.780. The molecule has 112 valence electrons. The zero-order valence-electron chi connectivity index (χ0n) is 12.6. The van der Waals surface area contributed by atoms with Crippen molar-refractivity contribution in [1.29, 1.82) is 0 Å². The van der Waals surface area contributed by atoms with Crippen LogP contribution in [0.15, 0.2) is 12.3 Å². The molecule has 1 aliphatic rings. The molecule has 0 saturated carbocycles. The molecule has 1 saturated heterocycles. The second-order valence-corrected chi connectivity index (χ2v) is 6.58. The van der Waals surface area contributed by atoms with E-state index >= 15 is 0 Å². The van der Waals surface area contributed by atoms with Crippen molar-refractivity contribution >= 4 is 28.1 Å². The molecule has 3 rings (SSSR count). The molecule has 1 N–H and O–H groups in total. The van der Waals surface area contributed by atoms with Gasteiger partial charge in [0.2, 0.25) is 0 Å². The van der Waals surface area contributed by atoms with Crippen LogP contribution in [0.4, 0.5) is 16.8 Å². The van der Waals surface area contributed by atoms with Crippen LogP contribution in [0, 0.1) is 13.8 Å². The molecule has 6 nitrogen and oxygen atoms in total. The first-order valence-corrected chi connectivity index (χ1v) is 7.90. The molecule has 2 aromatic rings. The van der Waals surface area contributed by atoms with Crippen LogP contribution in [-0.4, -0.2) is 53.1 Å². The lowest BCUT2D eigenvalue weighted by Gasteiger charge is -2.33. The van der Waals surface area contributed by atoms with Crippen LogP contribution in [-0.2, 0) is 0 Å². The van der Waals surface area contributed by atoms with Gasteiger partial charge in [0, 0.05) is 43.3 Å². The number of piperazine rings is 1. The van der Waals surface area contributed by atoms with Crippen LogP contribution >= 0.6 is 11.3 Å². The van der Waals surface area contributed by atoms with Gasteiger partial charge in [-0.15, -0.1) is 11.3 Å². The summed E-state index contributed by atoms with van der Waals surface area (Å²) >= 11 is 1.63. The van der Waals surface area contributed by atoms with Gasteiger partial charge in [-0.05, 0) is 20.9 Å². The molecule has 0 bridgehead atoms. The van der Waals surface area contributed by atoms with E-state index in [2.05, 4.69) is 37.1 Å². The quantitative estimate of drug-likeness (QED) is 0.936. The summed E-state index contributed by atoms with van der Waals surface area (Å²) in [5, 5.41) is 4.14. The van der Waals surface area contributed by atoms with E-state index in [9.17, 15) is 0 Å². The number of likely N-dealkylation sites (N-methyl/N-ethyl adjacent to an activating group) is 1. The summed E-state index contributed by atoms with van der Waals surface area (Å²) in [7, 11) is 2.15. The number of nitrogens with one attached hydrogen (secondary N) is 1. The molecule has 0 atom stereocenters. The third-order valence-electron chi connectivity index (χ3n) is 3.51. The standard InChI is InChI=1S/C14H20N6S/c1-10-9-15-14(21-10)18-12-8-13(17-11(2)16-12)20-6-4-19(3)5-7-20/h8-9H,4-7H2,1-3H3,(H,15,16,17,18). The largest absolute Gasteiger partial charge is 0.354 e. The van der Waals surface area contributed by atoms with Crippen molar-refractivity contribution in [3.8, 4) is 0 Å². The Labute approximate surface area is 128 Å². The maximum absolute atomic E-state index is 4.57. The molecule has 1 fully saturated rings. The Hall–Kier alpha value is -1.73. The first-order valence-electron chi connectivity index (χ1n) is 7.09. The van der Waals surface area contributed by atoms with E-state index in [1.165, 1.54) is 4.88 Å². The highest BCUT2D eigenvalue weighted by atomic mass is 32.1. The molecule has 0 aliphatic carbocycles. The van der Waals surface area contributed by atoms with E-state index in [4.69, 9.17) is 0 Å². The van der Waals surface area contributed by atoms with E-state index in [-0.39, 0.29) is 0 Å². The fraction of sp³-hybridized carbons (Fsp3) is 0.500. The summed E-state index contributed by atoms with van der Waals surface area (Å²) in [5.74, 6) is 2.58. The lowest BCUT2D eigenvalue weighted by atomic mass is 10.3. The van der Waals surface area contributed by atoms with Crippen LogP contribution in [0.1, 0.15) is 10.7 Å². The van der Waals surface area contributed by atoms with E-state index in [1.807, 2.05) is 26.1 Å². The zero-order chi connectivity index (χ0) is 14.8. The Balaban J connectivity index is 1.79. The fourth-order valence-electron chi connectivity index (χ4n) is 2.34. The highest BCUT2D eigenvalue weighted by Crippen LogP contribution is 2.23. The van der Waals surface area contributed by atoms with Crippen molar-refractivity contribution in [3.63, 3.8) is 0 Å². The molecule has 7 heteroatoms.